The molecule has 6 nitrogen and oxygen atoms in total. The lowest BCUT2D eigenvalue weighted by molar-refractivity contribution is 0.354. The Morgan fingerprint density at radius 2 is 1.93 bits per heavy atom. The van der Waals surface area contributed by atoms with E-state index in [1.165, 1.54) is 10.6 Å². The van der Waals surface area contributed by atoms with Gasteiger partial charge >= 0.3 is 0 Å². The fourth-order valence-electron chi connectivity index (χ4n) is 3.54. The van der Waals surface area contributed by atoms with E-state index < -0.39 is 0 Å². The van der Waals surface area contributed by atoms with Crippen molar-refractivity contribution in [3.8, 4) is 11.5 Å². The number of ether oxygens (including phenoxy) is 2. The molecule has 1 saturated heterocycles. The summed E-state index contributed by atoms with van der Waals surface area (Å²) in [5.74, 6) is 2.42. The van der Waals surface area contributed by atoms with Gasteiger partial charge in [0.25, 0.3) is 0 Å². The summed E-state index contributed by atoms with van der Waals surface area (Å²) in [7, 11) is 3.32. The summed E-state index contributed by atoms with van der Waals surface area (Å²) in [6.07, 6.45) is 3.10. The van der Waals surface area contributed by atoms with Crippen LogP contribution in [0.25, 0.3) is 0 Å². The van der Waals surface area contributed by atoms with Gasteiger partial charge in [0.1, 0.15) is 0 Å². The lowest BCUT2D eigenvalue weighted by Gasteiger charge is -2.33. The molecule has 8 heteroatoms. The molecular formula is C22H33IN4O2S. The zero-order chi connectivity index (χ0) is 20.5. The molecule has 1 aliphatic rings. The van der Waals surface area contributed by atoms with Gasteiger partial charge < -0.3 is 25.0 Å². The summed E-state index contributed by atoms with van der Waals surface area (Å²) in [5.41, 5.74) is 1.19. The van der Waals surface area contributed by atoms with Crippen LogP contribution in [-0.4, -0.2) is 52.4 Å². The number of anilines is 1. The van der Waals surface area contributed by atoms with Crippen molar-refractivity contribution in [2.24, 2.45) is 4.99 Å². The number of halogens is 1. The minimum atomic E-state index is 0. The van der Waals surface area contributed by atoms with E-state index in [4.69, 9.17) is 14.5 Å². The summed E-state index contributed by atoms with van der Waals surface area (Å²) in [6.45, 7) is 5.85. The summed E-state index contributed by atoms with van der Waals surface area (Å²) in [5, 5.41) is 10.5. The number of guanidine groups is 1. The SMILES string of the molecule is CCNC(=NCCc1ccc(OC)c(OC)c1)NC1CCN(c2cccs2)CC1.I. The first-order chi connectivity index (χ1) is 14.2. The largest absolute Gasteiger partial charge is 0.493 e. The van der Waals surface area contributed by atoms with Gasteiger partial charge in [0, 0.05) is 32.2 Å². The predicted octanol–water partition coefficient (Wildman–Crippen LogP) is 4.15. The van der Waals surface area contributed by atoms with Gasteiger partial charge in [-0.2, -0.15) is 0 Å². The monoisotopic (exact) mass is 544 g/mol. The van der Waals surface area contributed by atoms with Crippen molar-refractivity contribution in [3.05, 3.63) is 41.3 Å². The number of hydrogen-bond donors (Lipinski definition) is 2. The maximum absolute atomic E-state index is 5.39. The van der Waals surface area contributed by atoms with Crippen LogP contribution >= 0.6 is 35.3 Å². The number of rotatable bonds is 8. The molecule has 0 bridgehead atoms. The van der Waals surface area contributed by atoms with Crippen molar-refractivity contribution in [1.82, 2.24) is 10.6 Å². The summed E-state index contributed by atoms with van der Waals surface area (Å²) in [6, 6.07) is 10.8. The summed E-state index contributed by atoms with van der Waals surface area (Å²) in [4.78, 5) is 7.26. The van der Waals surface area contributed by atoms with E-state index in [0.29, 0.717) is 6.04 Å². The van der Waals surface area contributed by atoms with E-state index in [0.717, 1.165) is 62.9 Å². The van der Waals surface area contributed by atoms with Crippen molar-refractivity contribution >= 4 is 46.3 Å². The first kappa shape index (κ1) is 24.6. The van der Waals surface area contributed by atoms with Crippen LogP contribution in [0.4, 0.5) is 5.00 Å². The van der Waals surface area contributed by atoms with Gasteiger partial charge in [-0.15, -0.1) is 35.3 Å². The molecule has 1 aliphatic heterocycles. The number of aliphatic imine (C=N–C) groups is 1. The average molecular weight is 545 g/mol. The van der Waals surface area contributed by atoms with E-state index >= 15 is 0 Å². The van der Waals surface area contributed by atoms with Gasteiger partial charge in [-0.3, -0.25) is 4.99 Å². The Labute approximate surface area is 201 Å². The lowest BCUT2D eigenvalue weighted by atomic mass is 10.1. The van der Waals surface area contributed by atoms with Crippen molar-refractivity contribution in [2.75, 3.05) is 45.3 Å². The van der Waals surface area contributed by atoms with Gasteiger partial charge in [0.2, 0.25) is 0 Å². The first-order valence-corrected chi connectivity index (χ1v) is 11.2. The molecule has 3 rings (SSSR count). The molecule has 2 aromatic rings. The second kappa shape index (κ2) is 12.9. The maximum atomic E-state index is 5.39. The van der Waals surface area contributed by atoms with Crippen LogP contribution in [0.15, 0.2) is 40.7 Å². The number of benzene rings is 1. The molecule has 2 heterocycles. The predicted molar refractivity (Wildman–Crippen MR) is 137 cm³/mol. The molecule has 166 valence electrons. The molecule has 0 spiro atoms. The van der Waals surface area contributed by atoms with Gasteiger partial charge in [0.15, 0.2) is 17.5 Å². The molecular weight excluding hydrogens is 511 g/mol. The summed E-state index contributed by atoms with van der Waals surface area (Å²) >= 11 is 1.82. The Balaban J connectivity index is 0.00000320. The highest BCUT2D eigenvalue weighted by atomic mass is 127. The van der Waals surface area contributed by atoms with Crippen LogP contribution in [0.1, 0.15) is 25.3 Å². The standard InChI is InChI=1S/C22H32N4O2S.HI/c1-4-23-22(24-12-9-17-7-8-19(27-2)20(16-17)28-3)25-18-10-13-26(14-11-18)21-6-5-15-29-21;/h5-8,15-16,18H,4,9-14H2,1-3H3,(H2,23,24,25);1H. The average Bonchev–Trinajstić information content (AvgIpc) is 3.29. The van der Waals surface area contributed by atoms with E-state index in [1.807, 2.05) is 23.5 Å². The quantitative estimate of drug-likeness (QED) is 0.297. The van der Waals surface area contributed by atoms with E-state index in [9.17, 15) is 0 Å². The highest BCUT2D eigenvalue weighted by Gasteiger charge is 2.20. The van der Waals surface area contributed by atoms with Crippen molar-refractivity contribution in [3.63, 3.8) is 0 Å². The molecule has 0 unspecified atom stereocenters. The second-order valence-corrected chi connectivity index (χ2v) is 7.98. The van der Waals surface area contributed by atoms with Gasteiger partial charge in [-0.25, -0.2) is 0 Å². The number of nitrogens with zero attached hydrogens (tertiary/aromatic N) is 2. The molecule has 0 amide bonds. The molecule has 1 aromatic heterocycles. The Kier molecular flexibility index (Phi) is 10.6. The topological polar surface area (TPSA) is 58.1 Å². The van der Waals surface area contributed by atoms with Crippen LogP contribution in [0.5, 0.6) is 11.5 Å². The number of nitrogens with one attached hydrogen (secondary N) is 2. The van der Waals surface area contributed by atoms with Crippen LogP contribution in [-0.2, 0) is 6.42 Å². The molecule has 1 fully saturated rings. The zero-order valence-electron chi connectivity index (χ0n) is 18.0. The minimum absolute atomic E-state index is 0. The minimum Gasteiger partial charge on any atom is -0.493 e. The van der Waals surface area contributed by atoms with Crippen LogP contribution in [0.2, 0.25) is 0 Å². The highest BCUT2D eigenvalue weighted by molar-refractivity contribution is 14.0. The second-order valence-electron chi connectivity index (χ2n) is 7.06. The Bertz CT molecular complexity index is 777. The van der Waals surface area contributed by atoms with E-state index in [1.54, 1.807) is 14.2 Å². The van der Waals surface area contributed by atoms with Crippen LogP contribution in [0.3, 0.4) is 0 Å². The van der Waals surface area contributed by atoms with Gasteiger partial charge in [-0.1, -0.05) is 6.07 Å². The molecule has 1 aromatic carbocycles. The number of hydrogen-bond acceptors (Lipinski definition) is 5. The third-order valence-electron chi connectivity index (χ3n) is 5.12. The first-order valence-electron chi connectivity index (χ1n) is 10.3. The van der Waals surface area contributed by atoms with Crippen LogP contribution in [0, 0.1) is 0 Å². The van der Waals surface area contributed by atoms with E-state index in [-0.39, 0.29) is 24.0 Å². The fraction of sp³-hybridized carbons (Fsp3) is 0.500. The number of thiophene rings is 1. The Morgan fingerprint density at radius 3 is 2.57 bits per heavy atom. The molecule has 30 heavy (non-hydrogen) atoms. The highest BCUT2D eigenvalue weighted by Crippen LogP contribution is 2.27. The zero-order valence-corrected chi connectivity index (χ0v) is 21.2. The number of methoxy groups -OCH3 is 2. The molecule has 2 N–H and O–H groups in total. The van der Waals surface area contributed by atoms with Gasteiger partial charge in [0.05, 0.1) is 19.2 Å². The Hall–Kier alpha value is -1.68. The molecule has 0 aliphatic carbocycles. The third-order valence-corrected chi connectivity index (χ3v) is 6.05. The Morgan fingerprint density at radius 1 is 1.17 bits per heavy atom. The lowest BCUT2D eigenvalue weighted by Crippen LogP contribution is -2.48. The number of piperidine rings is 1. The van der Waals surface area contributed by atoms with Crippen molar-refractivity contribution in [1.29, 1.82) is 0 Å². The normalized spacial score (nSPS) is 14.8. The molecule has 0 saturated carbocycles. The maximum Gasteiger partial charge on any atom is 0.191 e. The fourth-order valence-corrected chi connectivity index (χ4v) is 4.33. The van der Waals surface area contributed by atoms with Crippen LogP contribution < -0.4 is 25.0 Å². The van der Waals surface area contributed by atoms with Crippen molar-refractivity contribution in [2.45, 2.75) is 32.2 Å². The van der Waals surface area contributed by atoms with Crippen molar-refractivity contribution < 1.29 is 9.47 Å². The third kappa shape index (κ3) is 6.94. The molecule has 0 radical (unpaired) electrons. The van der Waals surface area contributed by atoms with Gasteiger partial charge in [-0.05, 0) is 61.4 Å². The van der Waals surface area contributed by atoms with E-state index in [2.05, 4.69) is 46.0 Å². The summed E-state index contributed by atoms with van der Waals surface area (Å²) < 4.78 is 10.7. The molecule has 0 atom stereocenters. The smallest absolute Gasteiger partial charge is 0.191 e.